The van der Waals surface area contributed by atoms with Crippen molar-refractivity contribution in [3.05, 3.63) is 12.2 Å². The largest absolute Gasteiger partial charge is 0.378 e. The molecule has 100 valence electrons. The zero-order valence-corrected chi connectivity index (χ0v) is 11.6. The first kappa shape index (κ1) is 14.7. The Bertz CT molecular complexity index is 209. The van der Waals surface area contributed by atoms with Gasteiger partial charge in [-0.3, -0.25) is 0 Å². The molecule has 2 atom stereocenters. The molecule has 0 radical (unpaired) electrons. The Morgan fingerprint density at radius 3 is 2.82 bits per heavy atom. The summed E-state index contributed by atoms with van der Waals surface area (Å²) in [6.45, 7) is 10.6. The van der Waals surface area contributed by atoms with Gasteiger partial charge in [-0.05, 0) is 51.5 Å². The van der Waals surface area contributed by atoms with Gasteiger partial charge >= 0.3 is 0 Å². The molecule has 1 aliphatic rings. The predicted molar refractivity (Wildman–Crippen MR) is 74.3 cm³/mol. The minimum absolute atomic E-state index is 0.475. The van der Waals surface area contributed by atoms with E-state index in [-0.39, 0.29) is 0 Å². The standard InChI is InChI=1S/C15H29NO/c1-4-9-16-14(11-13(3)5-2)12-15-8-6-7-10-17-15/h14-16H,3-12H2,1-2H3. The van der Waals surface area contributed by atoms with Crippen molar-refractivity contribution in [1.29, 1.82) is 0 Å². The molecule has 0 aromatic carbocycles. The molecule has 1 rings (SSSR count). The number of rotatable bonds is 8. The molecule has 0 amide bonds. The second kappa shape index (κ2) is 8.71. The summed E-state index contributed by atoms with van der Waals surface area (Å²) in [5, 5.41) is 3.64. The number of hydrogen-bond donors (Lipinski definition) is 1. The first-order chi connectivity index (χ1) is 8.26. The number of hydrogen-bond acceptors (Lipinski definition) is 2. The van der Waals surface area contributed by atoms with E-state index < -0.39 is 0 Å². The van der Waals surface area contributed by atoms with Crippen LogP contribution in [0.2, 0.25) is 0 Å². The van der Waals surface area contributed by atoms with Gasteiger partial charge in [0.1, 0.15) is 0 Å². The lowest BCUT2D eigenvalue weighted by Gasteiger charge is -2.28. The first-order valence-electron chi connectivity index (χ1n) is 7.27. The highest BCUT2D eigenvalue weighted by molar-refractivity contribution is 4.97. The van der Waals surface area contributed by atoms with Gasteiger partial charge in [0.2, 0.25) is 0 Å². The average molecular weight is 239 g/mol. The van der Waals surface area contributed by atoms with E-state index in [1.165, 1.54) is 31.3 Å². The SMILES string of the molecule is C=C(CC)CC(CC1CCCCO1)NCCC. The van der Waals surface area contributed by atoms with Crippen LogP contribution >= 0.6 is 0 Å². The molecule has 1 aliphatic heterocycles. The van der Waals surface area contributed by atoms with Crippen LogP contribution < -0.4 is 5.32 Å². The Kier molecular flexibility index (Phi) is 7.54. The molecule has 0 aromatic rings. The maximum absolute atomic E-state index is 5.83. The van der Waals surface area contributed by atoms with E-state index in [4.69, 9.17) is 4.74 Å². The first-order valence-corrected chi connectivity index (χ1v) is 7.27. The Morgan fingerprint density at radius 2 is 2.24 bits per heavy atom. The molecule has 0 spiro atoms. The zero-order valence-electron chi connectivity index (χ0n) is 11.6. The molecule has 2 nitrogen and oxygen atoms in total. The molecule has 1 fully saturated rings. The number of nitrogens with one attached hydrogen (secondary N) is 1. The van der Waals surface area contributed by atoms with E-state index in [1.807, 2.05) is 0 Å². The smallest absolute Gasteiger partial charge is 0.0590 e. The van der Waals surface area contributed by atoms with Crippen LogP contribution in [0.1, 0.15) is 58.8 Å². The summed E-state index contributed by atoms with van der Waals surface area (Å²) in [7, 11) is 0. The Hall–Kier alpha value is -0.340. The maximum Gasteiger partial charge on any atom is 0.0590 e. The Balaban J connectivity index is 2.34. The van der Waals surface area contributed by atoms with Crippen molar-refractivity contribution in [3.8, 4) is 0 Å². The lowest BCUT2D eigenvalue weighted by molar-refractivity contribution is 0.00524. The summed E-state index contributed by atoms with van der Waals surface area (Å²) in [5.41, 5.74) is 1.36. The fourth-order valence-corrected chi connectivity index (χ4v) is 2.39. The van der Waals surface area contributed by atoms with Crippen molar-refractivity contribution >= 4 is 0 Å². The second-order valence-electron chi connectivity index (χ2n) is 5.18. The summed E-state index contributed by atoms with van der Waals surface area (Å²) in [4.78, 5) is 0. The number of ether oxygens (including phenoxy) is 1. The summed E-state index contributed by atoms with van der Waals surface area (Å²) in [6, 6.07) is 0.561. The molecular weight excluding hydrogens is 210 g/mol. The molecule has 0 aliphatic carbocycles. The Morgan fingerprint density at radius 1 is 1.41 bits per heavy atom. The normalized spacial score (nSPS) is 22.4. The third-order valence-electron chi connectivity index (χ3n) is 3.54. The molecule has 0 saturated carbocycles. The van der Waals surface area contributed by atoms with Crippen LogP contribution in [0, 0.1) is 0 Å². The van der Waals surface area contributed by atoms with Gasteiger partial charge in [0, 0.05) is 12.6 Å². The third kappa shape index (κ3) is 6.23. The summed E-state index contributed by atoms with van der Waals surface area (Å²) < 4.78 is 5.83. The molecule has 2 unspecified atom stereocenters. The summed E-state index contributed by atoms with van der Waals surface area (Å²) >= 11 is 0. The van der Waals surface area contributed by atoms with Crippen molar-refractivity contribution in [2.45, 2.75) is 70.9 Å². The van der Waals surface area contributed by atoms with Crippen LogP contribution in [0.5, 0.6) is 0 Å². The molecule has 1 heterocycles. The lowest BCUT2D eigenvalue weighted by atomic mass is 9.96. The van der Waals surface area contributed by atoms with Crippen molar-refractivity contribution in [2.75, 3.05) is 13.2 Å². The molecule has 1 saturated heterocycles. The van der Waals surface area contributed by atoms with Crippen LogP contribution in [0.15, 0.2) is 12.2 Å². The van der Waals surface area contributed by atoms with Crippen LogP contribution in [0.4, 0.5) is 0 Å². The minimum Gasteiger partial charge on any atom is -0.378 e. The average Bonchev–Trinajstić information content (AvgIpc) is 2.37. The van der Waals surface area contributed by atoms with Crippen LogP contribution in [0.25, 0.3) is 0 Å². The van der Waals surface area contributed by atoms with Gasteiger partial charge in [0.05, 0.1) is 6.10 Å². The van der Waals surface area contributed by atoms with Crippen LogP contribution in [0.3, 0.4) is 0 Å². The molecule has 0 aromatic heterocycles. The van der Waals surface area contributed by atoms with Crippen molar-refractivity contribution in [2.24, 2.45) is 0 Å². The van der Waals surface area contributed by atoms with E-state index in [0.29, 0.717) is 12.1 Å². The second-order valence-corrected chi connectivity index (χ2v) is 5.18. The Labute approximate surface area is 107 Å². The van der Waals surface area contributed by atoms with E-state index in [2.05, 4.69) is 25.7 Å². The molecule has 2 heteroatoms. The van der Waals surface area contributed by atoms with Gasteiger partial charge in [-0.1, -0.05) is 26.0 Å². The highest BCUT2D eigenvalue weighted by Gasteiger charge is 2.19. The third-order valence-corrected chi connectivity index (χ3v) is 3.54. The van der Waals surface area contributed by atoms with Crippen LogP contribution in [-0.2, 0) is 4.74 Å². The lowest BCUT2D eigenvalue weighted by Crippen LogP contribution is -2.35. The van der Waals surface area contributed by atoms with E-state index in [0.717, 1.165) is 32.4 Å². The monoisotopic (exact) mass is 239 g/mol. The van der Waals surface area contributed by atoms with Gasteiger partial charge in [-0.15, -0.1) is 0 Å². The fourth-order valence-electron chi connectivity index (χ4n) is 2.39. The molecule has 0 bridgehead atoms. The highest BCUT2D eigenvalue weighted by Crippen LogP contribution is 2.20. The quantitative estimate of drug-likeness (QED) is 0.653. The summed E-state index contributed by atoms with van der Waals surface area (Å²) in [5.74, 6) is 0. The molecule has 1 N–H and O–H groups in total. The minimum atomic E-state index is 0.475. The van der Waals surface area contributed by atoms with Gasteiger partial charge in [-0.2, -0.15) is 0 Å². The highest BCUT2D eigenvalue weighted by atomic mass is 16.5. The van der Waals surface area contributed by atoms with Gasteiger partial charge in [0.25, 0.3) is 0 Å². The fraction of sp³-hybridized carbons (Fsp3) is 0.867. The van der Waals surface area contributed by atoms with E-state index in [9.17, 15) is 0 Å². The zero-order chi connectivity index (χ0) is 12.5. The predicted octanol–water partition coefficient (Wildman–Crippen LogP) is 3.67. The van der Waals surface area contributed by atoms with Crippen molar-refractivity contribution in [1.82, 2.24) is 5.32 Å². The van der Waals surface area contributed by atoms with Gasteiger partial charge < -0.3 is 10.1 Å². The van der Waals surface area contributed by atoms with Crippen LogP contribution in [-0.4, -0.2) is 25.3 Å². The molecular formula is C15H29NO. The maximum atomic E-state index is 5.83. The van der Waals surface area contributed by atoms with Crippen molar-refractivity contribution in [3.63, 3.8) is 0 Å². The van der Waals surface area contributed by atoms with E-state index >= 15 is 0 Å². The van der Waals surface area contributed by atoms with E-state index in [1.54, 1.807) is 0 Å². The van der Waals surface area contributed by atoms with Gasteiger partial charge in [0.15, 0.2) is 0 Å². The van der Waals surface area contributed by atoms with Crippen molar-refractivity contribution < 1.29 is 4.74 Å². The van der Waals surface area contributed by atoms with Gasteiger partial charge in [-0.25, -0.2) is 0 Å². The summed E-state index contributed by atoms with van der Waals surface area (Å²) in [6.07, 6.45) is 8.84. The molecule has 17 heavy (non-hydrogen) atoms. The topological polar surface area (TPSA) is 21.3 Å².